The Morgan fingerprint density at radius 2 is 2.00 bits per heavy atom. The zero-order chi connectivity index (χ0) is 14.4. The molecule has 1 rings (SSSR count). The van der Waals surface area contributed by atoms with E-state index in [9.17, 15) is 4.79 Å². The van der Waals surface area contributed by atoms with Crippen LogP contribution >= 0.6 is 11.6 Å². The van der Waals surface area contributed by atoms with Crippen LogP contribution in [0.2, 0.25) is 5.02 Å². The van der Waals surface area contributed by atoms with Crippen LogP contribution in [0.25, 0.3) is 0 Å². The second-order valence-corrected chi connectivity index (χ2v) is 5.59. The van der Waals surface area contributed by atoms with Crippen molar-refractivity contribution in [2.24, 2.45) is 11.7 Å². The van der Waals surface area contributed by atoms with E-state index >= 15 is 0 Å². The molecular weight excluding hydrogens is 260 g/mol. The van der Waals surface area contributed by atoms with Gasteiger partial charge in [-0.2, -0.15) is 0 Å². The average molecular weight is 283 g/mol. The van der Waals surface area contributed by atoms with Gasteiger partial charge in [0.05, 0.1) is 6.04 Å². The number of benzene rings is 1. The molecule has 2 N–H and O–H groups in total. The normalized spacial score (nSPS) is 12.5. The van der Waals surface area contributed by atoms with Crippen LogP contribution < -0.4 is 5.73 Å². The number of rotatable bonds is 6. The molecule has 19 heavy (non-hydrogen) atoms. The Hall–Kier alpha value is -1.06. The van der Waals surface area contributed by atoms with E-state index in [4.69, 9.17) is 17.3 Å². The van der Waals surface area contributed by atoms with E-state index in [0.29, 0.717) is 30.5 Å². The van der Waals surface area contributed by atoms with Gasteiger partial charge in [-0.25, -0.2) is 0 Å². The highest BCUT2D eigenvalue weighted by Gasteiger charge is 2.21. The molecule has 0 aromatic heterocycles. The van der Waals surface area contributed by atoms with Gasteiger partial charge in [0.2, 0.25) is 5.91 Å². The summed E-state index contributed by atoms with van der Waals surface area (Å²) in [5.41, 5.74) is 6.92. The van der Waals surface area contributed by atoms with Crippen molar-refractivity contribution in [2.75, 3.05) is 6.54 Å². The minimum Gasteiger partial charge on any atom is -0.337 e. The first-order chi connectivity index (χ1) is 8.95. The summed E-state index contributed by atoms with van der Waals surface area (Å²) in [6, 6.07) is 7.15. The second-order valence-electron chi connectivity index (χ2n) is 5.18. The van der Waals surface area contributed by atoms with Gasteiger partial charge in [-0.15, -0.1) is 0 Å². The minimum atomic E-state index is -0.428. The van der Waals surface area contributed by atoms with Gasteiger partial charge in [-0.3, -0.25) is 4.79 Å². The highest BCUT2D eigenvalue weighted by Crippen LogP contribution is 2.17. The van der Waals surface area contributed by atoms with Gasteiger partial charge >= 0.3 is 0 Å². The van der Waals surface area contributed by atoms with Gasteiger partial charge in [0, 0.05) is 18.1 Å². The van der Waals surface area contributed by atoms with Crippen LogP contribution in [0.3, 0.4) is 0 Å². The molecule has 0 bridgehead atoms. The molecule has 0 unspecified atom stereocenters. The van der Waals surface area contributed by atoms with Gasteiger partial charge in [0.25, 0.3) is 0 Å². The number of carbonyl (C=O) groups excluding carboxylic acids is 1. The van der Waals surface area contributed by atoms with Crippen LogP contribution in [0, 0.1) is 5.92 Å². The molecule has 1 atom stereocenters. The number of carbonyl (C=O) groups is 1. The molecule has 1 amide bonds. The summed E-state index contributed by atoms with van der Waals surface area (Å²) in [6.07, 6.45) is 0.706. The number of amides is 1. The van der Waals surface area contributed by atoms with Crippen LogP contribution in [-0.2, 0) is 11.3 Å². The predicted molar refractivity (Wildman–Crippen MR) is 80.0 cm³/mol. The molecule has 0 aliphatic heterocycles. The van der Waals surface area contributed by atoms with Crippen molar-refractivity contribution in [1.82, 2.24) is 4.90 Å². The first kappa shape index (κ1) is 16.0. The highest BCUT2D eigenvalue weighted by atomic mass is 35.5. The third kappa shape index (κ3) is 4.84. The number of hydrogen-bond acceptors (Lipinski definition) is 2. The predicted octanol–water partition coefficient (Wildman–Crippen LogP) is 3.06. The first-order valence-corrected chi connectivity index (χ1v) is 7.11. The Kier molecular flexibility index (Phi) is 6.32. The van der Waals surface area contributed by atoms with Gasteiger partial charge < -0.3 is 10.6 Å². The maximum atomic E-state index is 12.3. The van der Waals surface area contributed by atoms with Crippen LogP contribution in [0.1, 0.15) is 32.8 Å². The minimum absolute atomic E-state index is 0.00359. The van der Waals surface area contributed by atoms with Crippen LogP contribution in [-0.4, -0.2) is 23.4 Å². The van der Waals surface area contributed by atoms with E-state index in [1.807, 2.05) is 31.2 Å². The van der Waals surface area contributed by atoms with E-state index in [1.54, 1.807) is 4.90 Å². The van der Waals surface area contributed by atoms with Gasteiger partial charge in [-0.1, -0.05) is 43.6 Å². The lowest BCUT2D eigenvalue weighted by atomic mass is 10.0. The third-order valence-electron chi connectivity index (χ3n) is 3.05. The van der Waals surface area contributed by atoms with E-state index in [-0.39, 0.29) is 5.91 Å². The summed E-state index contributed by atoms with van der Waals surface area (Å²) in [4.78, 5) is 14.0. The van der Waals surface area contributed by atoms with Crippen molar-refractivity contribution in [3.63, 3.8) is 0 Å². The number of halogens is 1. The van der Waals surface area contributed by atoms with Gasteiger partial charge in [0.15, 0.2) is 0 Å². The Labute approximate surface area is 120 Å². The van der Waals surface area contributed by atoms with Crippen LogP contribution in [0.15, 0.2) is 24.3 Å². The largest absolute Gasteiger partial charge is 0.337 e. The number of nitrogens with two attached hydrogens (primary N) is 1. The van der Waals surface area contributed by atoms with Gasteiger partial charge in [-0.05, 0) is 30.9 Å². The molecule has 106 valence electrons. The molecule has 0 saturated carbocycles. The first-order valence-electron chi connectivity index (χ1n) is 6.73. The van der Waals surface area contributed by atoms with Crippen molar-refractivity contribution in [3.8, 4) is 0 Å². The lowest BCUT2D eigenvalue weighted by Crippen LogP contribution is -2.44. The van der Waals surface area contributed by atoms with Crippen molar-refractivity contribution < 1.29 is 4.79 Å². The Balaban J connectivity index is 2.73. The maximum absolute atomic E-state index is 12.3. The highest BCUT2D eigenvalue weighted by molar-refractivity contribution is 6.31. The molecule has 0 aliphatic rings. The lowest BCUT2D eigenvalue weighted by molar-refractivity contribution is -0.133. The summed E-state index contributed by atoms with van der Waals surface area (Å²) >= 11 is 6.12. The number of likely N-dealkylation sites (N-methyl/N-ethyl adjacent to an activating group) is 1. The summed E-state index contributed by atoms with van der Waals surface area (Å²) in [6.45, 7) is 7.24. The second kappa shape index (κ2) is 7.51. The van der Waals surface area contributed by atoms with Crippen molar-refractivity contribution >= 4 is 17.5 Å². The summed E-state index contributed by atoms with van der Waals surface area (Å²) in [5.74, 6) is 0.411. The zero-order valence-corrected chi connectivity index (χ0v) is 12.7. The van der Waals surface area contributed by atoms with Crippen molar-refractivity contribution in [3.05, 3.63) is 34.9 Å². The van der Waals surface area contributed by atoms with E-state index < -0.39 is 6.04 Å². The summed E-state index contributed by atoms with van der Waals surface area (Å²) in [7, 11) is 0. The fourth-order valence-corrected chi connectivity index (χ4v) is 2.22. The maximum Gasteiger partial charge on any atom is 0.239 e. The summed E-state index contributed by atoms with van der Waals surface area (Å²) in [5, 5.41) is 0.686. The van der Waals surface area contributed by atoms with E-state index in [1.165, 1.54) is 0 Å². The van der Waals surface area contributed by atoms with Gasteiger partial charge in [0.1, 0.15) is 0 Å². The standard InChI is InChI=1S/C15H23ClN2O/c1-4-18(15(19)14(17)9-11(2)3)10-12-7-5-6-8-13(12)16/h5-8,11,14H,4,9-10,17H2,1-3H3/t14-/m0/s1. The molecular formula is C15H23ClN2O. The average Bonchev–Trinajstić information content (AvgIpc) is 2.36. The lowest BCUT2D eigenvalue weighted by Gasteiger charge is -2.25. The number of hydrogen-bond donors (Lipinski definition) is 1. The molecule has 4 heteroatoms. The molecule has 0 spiro atoms. The Bertz CT molecular complexity index is 420. The SMILES string of the molecule is CCN(Cc1ccccc1Cl)C(=O)[C@@H](N)CC(C)C. The molecule has 0 heterocycles. The monoisotopic (exact) mass is 282 g/mol. The molecule has 0 fully saturated rings. The molecule has 0 saturated heterocycles. The van der Waals surface area contributed by atoms with Crippen molar-refractivity contribution in [1.29, 1.82) is 0 Å². The van der Waals surface area contributed by atoms with E-state index in [2.05, 4.69) is 13.8 Å². The fourth-order valence-electron chi connectivity index (χ4n) is 2.02. The molecule has 0 aliphatic carbocycles. The Morgan fingerprint density at radius 3 is 2.53 bits per heavy atom. The zero-order valence-electron chi connectivity index (χ0n) is 11.9. The fraction of sp³-hybridized carbons (Fsp3) is 0.533. The quantitative estimate of drug-likeness (QED) is 0.872. The third-order valence-corrected chi connectivity index (χ3v) is 3.42. The molecule has 1 aromatic rings. The molecule has 1 aromatic carbocycles. The topological polar surface area (TPSA) is 46.3 Å². The van der Waals surface area contributed by atoms with E-state index in [0.717, 1.165) is 5.56 Å². The summed E-state index contributed by atoms with van der Waals surface area (Å²) < 4.78 is 0. The van der Waals surface area contributed by atoms with Crippen molar-refractivity contribution in [2.45, 2.75) is 39.8 Å². The Morgan fingerprint density at radius 1 is 1.37 bits per heavy atom. The van der Waals surface area contributed by atoms with Crippen LogP contribution in [0.4, 0.5) is 0 Å². The number of nitrogens with zero attached hydrogens (tertiary/aromatic N) is 1. The van der Waals surface area contributed by atoms with Crippen LogP contribution in [0.5, 0.6) is 0 Å². The molecule has 3 nitrogen and oxygen atoms in total. The smallest absolute Gasteiger partial charge is 0.239 e. The molecule has 0 radical (unpaired) electrons.